The molecule has 2 aromatic rings. The summed E-state index contributed by atoms with van der Waals surface area (Å²) in [6, 6.07) is 14.7. The Balaban J connectivity index is 1.45. The summed E-state index contributed by atoms with van der Waals surface area (Å²) in [6.45, 7) is 2.41. The van der Waals surface area contributed by atoms with Gasteiger partial charge in [-0.05, 0) is 30.7 Å². The molecule has 1 atom stereocenters. The predicted octanol–water partition coefficient (Wildman–Crippen LogP) is 2.65. The number of benzene rings is 1. The van der Waals surface area contributed by atoms with Crippen LogP contribution in [0.4, 0.5) is 0 Å². The van der Waals surface area contributed by atoms with Crippen LogP contribution in [-0.4, -0.2) is 29.8 Å². The first-order valence-corrected chi connectivity index (χ1v) is 8.67. The molecular weight excluding hydrogens is 308 g/mol. The Morgan fingerprint density at radius 3 is 2.70 bits per heavy atom. The number of imide groups is 1. The van der Waals surface area contributed by atoms with Crippen LogP contribution < -0.4 is 5.32 Å². The zero-order chi connectivity index (χ0) is 15.9. The maximum Gasteiger partial charge on any atom is 0.234 e. The number of carbonyl (C=O) groups is 2. The van der Waals surface area contributed by atoms with Gasteiger partial charge in [0.1, 0.15) is 0 Å². The maximum atomic E-state index is 12.0. The third-order valence-corrected chi connectivity index (χ3v) is 5.88. The number of nitrogens with zero attached hydrogens (tertiary/aromatic N) is 1. The fourth-order valence-electron chi connectivity index (χ4n) is 3.55. The van der Waals surface area contributed by atoms with Crippen molar-refractivity contribution in [3.8, 4) is 10.4 Å². The smallest absolute Gasteiger partial charge is 0.234 e. The molecule has 2 amide bonds. The third kappa shape index (κ3) is 2.71. The van der Waals surface area contributed by atoms with Crippen LogP contribution in [0.15, 0.2) is 42.5 Å². The van der Waals surface area contributed by atoms with Gasteiger partial charge in [0.25, 0.3) is 0 Å². The highest BCUT2D eigenvalue weighted by Gasteiger charge is 2.50. The highest BCUT2D eigenvalue weighted by atomic mass is 32.1. The van der Waals surface area contributed by atoms with E-state index < -0.39 is 5.41 Å². The minimum Gasteiger partial charge on any atom is -0.297 e. The van der Waals surface area contributed by atoms with Crippen LogP contribution in [0.1, 0.15) is 17.7 Å². The Bertz CT molecular complexity index is 755. The van der Waals surface area contributed by atoms with Crippen molar-refractivity contribution in [2.24, 2.45) is 5.41 Å². The van der Waals surface area contributed by atoms with E-state index in [0.717, 1.165) is 19.5 Å². The van der Waals surface area contributed by atoms with Crippen LogP contribution in [0.2, 0.25) is 0 Å². The molecule has 0 saturated carbocycles. The molecule has 2 aliphatic rings. The van der Waals surface area contributed by atoms with Gasteiger partial charge in [0, 0.05) is 29.3 Å². The normalized spacial score (nSPS) is 24.5. The molecule has 4 nitrogen and oxygen atoms in total. The molecule has 2 saturated heterocycles. The second-order valence-corrected chi connectivity index (χ2v) is 7.60. The van der Waals surface area contributed by atoms with E-state index in [1.807, 2.05) is 6.07 Å². The van der Waals surface area contributed by atoms with E-state index in [4.69, 9.17) is 0 Å². The van der Waals surface area contributed by atoms with Crippen molar-refractivity contribution >= 4 is 23.2 Å². The van der Waals surface area contributed by atoms with E-state index in [9.17, 15) is 9.59 Å². The lowest BCUT2D eigenvalue weighted by Crippen LogP contribution is -2.34. The largest absolute Gasteiger partial charge is 0.297 e. The summed E-state index contributed by atoms with van der Waals surface area (Å²) >= 11 is 1.80. The molecule has 1 N–H and O–H groups in total. The zero-order valence-corrected chi connectivity index (χ0v) is 13.6. The molecule has 0 aliphatic carbocycles. The number of rotatable bonds is 3. The SMILES string of the molecule is O=C1C[C@]2(CCN(Cc3ccc(-c4ccccc4)s3)C2)C(=O)N1. The first-order chi connectivity index (χ1) is 11.1. The molecule has 2 fully saturated rings. The predicted molar refractivity (Wildman–Crippen MR) is 89.8 cm³/mol. The molecule has 2 aliphatic heterocycles. The summed E-state index contributed by atoms with van der Waals surface area (Å²) in [4.78, 5) is 28.4. The summed E-state index contributed by atoms with van der Waals surface area (Å²) in [5, 5.41) is 2.46. The molecule has 1 aromatic heterocycles. The van der Waals surface area contributed by atoms with Crippen LogP contribution in [0.5, 0.6) is 0 Å². The van der Waals surface area contributed by atoms with Crippen molar-refractivity contribution in [1.82, 2.24) is 10.2 Å². The number of carbonyl (C=O) groups excluding carboxylic acids is 2. The molecule has 4 rings (SSSR count). The molecule has 0 unspecified atom stereocenters. The molecular formula is C18H18N2O2S. The topological polar surface area (TPSA) is 49.4 Å². The molecule has 1 aromatic carbocycles. The monoisotopic (exact) mass is 326 g/mol. The summed E-state index contributed by atoms with van der Waals surface area (Å²) in [6.07, 6.45) is 1.13. The summed E-state index contributed by atoms with van der Waals surface area (Å²) < 4.78 is 0. The third-order valence-electron chi connectivity index (χ3n) is 4.77. The Morgan fingerprint density at radius 2 is 1.96 bits per heavy atom. The quantitative estimate of drug-likeness (QED) is 0.882. The van der Waals surface area contributed by atoms with Gasteiger partial charge in [-0.1, -0.05) is 30.3 Å². The van der Waals surface area contributed by atoms with Crippen molar-refractivity contribution in [3.05, 3.63) is 47.3 Å². The summed E-state index contributed by atoms with van der Waals surface area (Å²) in [5.41, 5.74) is 0.763. The second-order valence-electron chi connectivity index (χ2n) is 6.43. The molecule has 1 spiro atoms. The standard InChI is InChI=1S/C18H18N2O2S/c21-16-10-18(17(22)19-16)8-9-20(12-18)11-14-6-7-15(23-14)13-4-2-1-3-5-13/h1-7H,8-12H2,(H,19,21,22)/t18-/m0/s1. The number of amides is 2. The van der Waals surface area contributed by atoms with E-state index in [0.29, 0.717) is 13.0 Å². The van der Waals surface area contributed by atoms with Crippen LogP contribution >= 0.6 is 11.3 Å². The molecule has 0 radical (unpaired) electrons. The van der Waals surface area contributed by atoms with Gasteiger partial charge in [0.15, 0.2) is 0 Å². The minimum absolute atomic E-state index is 0.0823. The molecule has 118 valence electrons. The molecule has 5 heteroatoms. The van der Waals surface area contributed by atoms with Crippen LogP contribution in [0.3, 0.4) is 0 Å². The van der Waals surface area contributed by atoms with E-state index in [2.05, 4.69) is 46.6 Å². The highest BCUT2D eigenvalue weighted by molar-refractivity contribution is 7.15. The van der Waals surface area contributed by atoms with E-state index >= 15 is 0 Å². The number of hydrogen-bond acceptors (Lipinski definition) is 4. The fraction of sp³-hybridized carbons (Fsp3) is 0.333. The highest BCUT2D eigenvalue weighted by Crippen LogP contribution is 2.39. The average molecular weight is 326 g/mol. The number of nitrogens with one attached hydrogen (secondary N) is 1. The van der Waals surface area contributed by atoms with E-state index in [1.165, 1.54) is 15.3 Å². The van der Waals surface area contributed by atoms with Crippen molar-refractivity contribution in [2.75, 3.05) is 13.1 Å². The maximum absolute atomic E-state index is 12.0. The van der Waals surface area contributed by atoms with Crippen molar-refractivity contribution < 1.29 is 9.59 Å². The van der Waals surface area contributed by atoms with Gasteiger partial charge in [0.2, 0.25) is 11.8 Å². The van der Waals surface area contributed by atoms with Gasteiger partial charge in [-0.15, -0.1) is 11.3 Å². The van der Waals surface area contributed by atoms with Gasteiger partial charge in [0.05, 0.1) is 5.41 Å². The Kier molecular flexibility index (Phi) is 3.54. The Morgan fingerprint density at radius 1 is 1.13 bits per heavy atom. The van der Waals surface area contributed by atoms with Gasteiger partial charge in [-0.25, -0.2) is 0 Å². The molecule has 0 bridgehead atoms. The van der Waals surface area contributed by atoms with E-state index in [1.54, 1.807) is 11.3 Å². The van der Waals surface area contributed by atoms with Gasteiger partial charge in [-0.3, -0.25) is 19.8 Å². The van der Waals surface area contributed by atoms with Crippen LogP contribution in [0.25, 0.3) is 10.4 Å². The fourth-order valence-corrected chi connectivity index (χ4v) is 4.61. The minimum atomic E-state index is -0.476. The second kappa shape index (κ2) is 5.58. The first kappa shape index (κ1) is 14.6. The summed E-state index contributed by atoms with van der Waals surface area (Å²) in [5.74, 6) is -0.208. The van der Waals surface area contributed by atoms with Crippen LogP contribution in [0, 0.1) is 5.41 Å². The van der Waals surface area contributed by atoms with Crippen molar-refractivity contribution in [2.45, 2.75) is 19.4 Å². The lowest BCUT2D eigenvalue weighted by molar-refractivity contribution is -0.128. The van der Waals surface area contributed by atoms with Gasteiger partial charge < -0.3 is 0 Å². The average Bonchev–Trinajstić information content (AvgIpc) is 3.23. The molecule has 23 heavy (non-hydrogen) atoms. The van der Waals surface area contributed by atoms with Gasteiger partial charge >= 0.3 is 0 Å². The van der Waals surface area contributed by atoms with Gasteiger partial charge in [-0.2, -0.15) is 0 Å². The lowest BCUT2D eigenvalue weighted by atomic mass is 9.85. The number of hydrogen-bond donors (Lipinski definition) is 1. The number of likely N-dealkylation sites (tertiary alicyclic amines) is 1. The summed E-state index contributed by atoms with van der Waals surface area (Å²) in [7, 11) is 0. The van der Waals surface area contributed by atoms with E-state index in [-0.39, 0.29) is 11.8 Å². The van der Waals surface area contributed by atoms with Crippen LogP contribution in [-0.2, 0) is 16.1 Å². The lowest BCUT2D eigenvalue weighted by Gasteiger charge is -2.19. The van der Waals surface area contributed by atoms with Crippen molar-refractivity contribution in [1.29, 1.82) is 0 Å². The zero-order valence-electron chi connectivity index (χ0n) is 12.7. The Labute approximate surface area is 139 Å². The Hall–Kier alpha value is -1.98. The van der Waals surface area contributed by atoms with Crippen molar-refractivity contribution in [3.63, 3.8) is 0 Å². The first-order valence-electron chi connectivity index (χ1n) is 7.85. The molecule has 3 heterocycles. The number of thiophene rings is 1.